The smallest absolute Gasteiger partial charge is 0.152 e. The van der Waals surface area contributed by atoms with Crippen LogP contribution in [-0.4, -0.2) is 10.2 Å². The zero-order valence-electron chi connectivity index (χ0n) is 9.27. The Balaban J connectivity index is 2.22. The first-order valence-corrected chi connectivity index (χ1v) is 7.75. The maximum Gasteiger partial charge on any atom is 0.152 e. The fourth-order valence-electron chi connectivity index (χ4n) is 1.21. The molecule has 0 saturated heterocycles. The van der Waals surface area contributed by atoms with E-state index in [1.165, 1.54) is 0 Å². The van der Waals surface area contributed by atoms with E-state index >= 15 is 0 Å². The molecule has 5 heteroatoms. The molecule has 0 fully saturated rings. The summed E-state index contributed by atoms with van der Waals surface area (Å²) in [5.41, 5.74) is 6.95. The van der Waals surface area contributed by atoms with Crippen molar-refractivity contribution in [2.45, 2.75) is 29.9 Å². The Labute approximate surface area is 108 Å². The highest BCUT2D eigenvalue weighted by Crippen LogP contribution is 2.38. The van der Waals surface area contributed by atoms with Crippen molar-refractivity contribution in [3.8, 4) is 10.6 Å². The molecule has 2 nitrogen and oxygen atoms in total. The zero-order chi connectivity index (χ0) is 11.5. The van der Waals surface area contributed by atoms with Crippen molar-refractivity contribution in [3.05, 3.63) is 17.5 Å². The summed E-state index contributed by atoms with van der Waals surface area (Å²) in [5, 5.41) is 3.48. The van der Waals surface area contributed by atoms with Gasteiger partial charge in [-0.25, -0.2) is 4.98 Å². The Morgan fingerprint density at radius 2 is 2.38 bits per heavy atom. The Bertz CT molecular complexity index is 448. The molecule has 0 aromatic carbocycles. The molecule has 0 aliphatic heterocycles. The van der Waals surface area contributed by atoms with Crippen molar-refractivity contribution in [2.24, 2.45) is 0 Å². The molecule has 2 aromatic heterocycles. The lowest BCUT2D eigenvalue weighted by Gasteiger charge is -2.03. The average molecular weight is 270 g/mol. The molecule has 0 saturated carbocycles. The van der Waals surface area contributed by atoms with Gasteiger partial charge in [-0.1, -0.05) is 43.0 Å². The molecule has 0 amide bonds. The lowest BCUT2D eigenvalue weighted by Crippen LogP contribution is -1.90. The number of nitrogens with zero attached hydrogens (tertiary/aromatic N) is 1. The van der Waals surface area contributed by atoms with Crippen LogP contribution in [0.5, 0.6) is 0 Å². The van der Waals surface area contributed by atoms with Gasteiger partial charge < -0.3 is 5.73 Å². The molecule has 0 bridgehead atoms. The van der Waals surface area contributed by atoms with Gasteiger partial charge in [-0.3, -0.25) is 0 Å². The molecule has 0 radical (unpaired) electrons. The van der Waals surface area contributed by atoms with E-state index in [2.05, 4.69) is 30.3 Å². The number of thioether (sulfide) groups is 1. The van der Waals surface area contributed by atoms with Crippen LogP contribution in [0.4, 0.5) is 5.00 Å². The summed E-state index contributed by atoms with van der Waals surface area (Å²) in [6, 6.07) is 4.09. The molecule has 2 N–H and O–H groups in total. The maximum absolute atomic E-state index is 6.00. The Hall–Kier alpha value is -0.520. The fraction of sp³-hybridized carbons (Fsp3) is 0.364. The molecule has 2 rings (SSSR count). The molecule has 16 heavy (non-hydrogen) atoms. The van der Waals surface area contributed by atoms with Crippen LogP contribution in [0.3, 0.4) is 0 Å². The SMILES string of the molecule is CCC(C)Sc1nc(-c2cccs2)c(N)s1. The van der Waals surface area contributed by atoms with Gasteiger partial charge in [0.25, 0.3) is 0 Å². The molecule has 1 atom stereocenters. The van der Waals surface area contributed by atoms with Crippen LogP contribution in [0.2, 0.25) is 0 Å². The van der Waals surface area contributed by atoms with Crippen LogP contribution >= 0.6 is 34.4 Å². The van der Waals surface area contributed by atoms with Crippen molar-refractivity contribution in [1.29, 1.82) is 0 Å². The highest BCUT2D eigenvalue weighted by Gasteiger charge is 2.13. The van der Waals surface area contributed by atoms with Gasteiger partial charge in [0.1, 0.15) is 10.7 Å². The second-order valence-corrected chi connectivity index (χ2v) is 7.17. The lowest BCUT2D eigenvalue weighted by atomic mass is 10.4. The minimum Gasteiger partial charge on any atom is -0.389 e. The standard InChI is InChI=1S/C11H14N2S3/c1-3-7(2)15-11-13-9(10(12)16-11)8-5-4-6-14-8/h4-7H,3,12H2,1-2H3. The Morgan fingerprint density at radius 1 is 1.56 bits per heavy atom. The normalized spacial score (nSPS) is 12.9. The van der Waals surface area contributed by atoms with Gasteiger partial charge in [0.15, 0.2) is 4.34 Å². The number of aromatic nitrogens is 1. The number of thiazole rings is 1. The second kappa shape index (κ2) is 5.21. The van der Waals surface area contributed by atoms with Crippen molar-refractivity contribution in [2.75, 3.05) is 5.73 Å². The molecule has 86 valence electrons. The fourth-order valence-corrected chi connectivity index (χ4v) is 4.19. The van der Waals surface area contributed by atoms with E-state index in [-0.39, 0.29) is 0 Å². The minimum absolute atomic E-state index is 0.599. The largest absolute Gasteiger partial charge is 0.389 e. The summed E-state index contributed by atoms with van der Waals surface area (Å²) in [7, 11) is 0. The third-order valence-electron chi connectivity index (χ3n) is 2.27. The van der Waals surface area contributed by atoms with Crippen molar-refractivity contribution in [1.82, 2.24) is 4.98 Å². The summed E-state index contributed by atoms with van der Waals surface area (Å²) in [4.78, 5) is 5.76. The summed E-state index contributed by atoms with van der Waals surface area (Å²) in [6.45, 7) is 4.40. The van der Waals surface area contributed by atoms with Crippen LogP contribution in [-0.2, 0) is 0 Å². The molecule has 2 heterocycles. The van der Waals surface area contributed by atoms with E-state index in [0.717, 1.165) is 26.3 Å². The van der Waals surface area contributed by atoms with Gasteiger partial charge >= 0.3 is 0 Å². The first-order chi connectivity index (χ1) is 7.70. The summed E-state index contributed by atoms with van der Waals surface area (Å²) in [6.07, 6.45) is 1.15. The van der Waals surface area contributed by atoms with E-state index < -0.39 is 0 Å². The quantitative estimate of drug-likeness (QED) is 0.840. The molecule has 0 spiro atoms. The van der Waals surface area contributed by atoms with Crippen LogP contribution < -0.4 is 5.73 Å². The van der Waals surface area contributed by atoms with E-state index in [4.69, 9.17) is 5.73 Å². The Morgan fingerprint density at radius 3 is 3.00 bits per heavy atom. The molecule has 1 unspecified atom stereocenters. The molecule has 0 aliphatic carbocycles. The predicted molar refractivity (Wildman–Crippen MR) is 75.4 cm³/mol. The van der Waals surface area contributed by atoms with E-state index in [1.807, 2.05) is 17.8 Å². The summed E-state index contributed by atoms with van der Waals surface area (Å²) in [5.74, 6) is 0. The monoisotopic (exact) mass is 270 g/mol. The number of hydrogen-bond acceptors (Lipinski definition) is 5. The van der Waals surface area contributed by atoms with Crippen LogP contribution in [0, 0.1) is 0 Å². The summed E-state index contributed by atoms with van der Waals surface area (Å²) >= 11 is 5.08. The van der Waals surface area contributed by atoms with Crippen LogP contribution in [0.15, 0.2) is 21.9 Å². The number of thiophene rings is 1. The van der Waals surface area contributed by atoms with Gasteiger partial charge in [0.05, 0.1) is 4.88 Å². The predicted octanol–water partition coefficient (Wildman–Crippen LogP) is 4.34. The highest BCUT2D eigenvalue weighted by atomic mass is 32.2. The van der Waals surface area contributed by atoms with Crippen molar-refractivity contribution < 1.29 is 0 Å². The third kappa shape index (κ3) is 2.59. The third-order valence-corrected chi connectivity index (χ3v) is 5.39. The zero-order valence-corrected chi connectivity index (χ0v) is 11.7. The van der Waals surface area contributed by atoms with E-state index in [9.17, 15) is 0 Å². The van der Waals surface area contributed by atoms with E-state index in [0.29, 0.717) is 5.25 Å². The van der Waals surface area contributed by atoms with Crippen molar-refractivity contribution >= 4 is 39.4 Å². The van der Waals surface area contributed by atoms with Gasteiger partial charge in [-0.05, 0) is 17.9 Å². The topological polar surface area (TPSA) is 38.9 Å². The average Bonchev–Trinajstić information content (AvgIpc) is 2.87. The first kappa shape index (κ1) is 12.0. The molecule has 0 aliphatic rings. The molecule has 2 aromatic rings. The first-order valence-electron chi connectivity index (χ1n) is 5.17. The van der Waals surface area contributed by atoms with Crippen LogP contribution in [0.1, 0.15) is 20.3 Å². The lowest BCUT2D eigenvalue weighted by molar-refractivity contribution is 0.904. The highest BCUT2D eigenvalue weighted by molar-refractivity contribution is 8.01. The summed E-state index contributed by atoms with van der Waals surface area (Å²) < 4.78 is 1.08. The number of nitrogens with two attached hydrogens (primary N) is 1. The number of rotatable bonds is 4. The Kier molecular flexibility index (Phi) is 3.89. The van der Waals surface area contributed by atoms with Gasteiger partial charge in [0.2, 0.25) is 0 Å². The van der Waals surface area contributed by atoms with Gasteiger partial charge in [-0.2, -0.15) is 0 Å². The number of hydrogen-bond donors (Lipinski definition) is 1. The van der Waals surface area contributed by atoms with Crippen LogP contribution in [0.25, 0.3) is 10.6 Å². The molecular formula is C11H14N2S3. The van der Waals surface area contributed by atoms with Gasteiger partial charge in [-0.15, -0.1) is 11.3 Å². The van der Waals surface area contributed by atoms with Gasteiger partial charge in [0, 0.05) is 5.25 Å². The maximum atomic E-state index is 6.00. The van der Waals surface area contributed by atoms with E-state index in [1.54, 1.807) is 22.7 Å². The number of nitrogen functional groups attached to an aromatic ring is 1. The molecular weight excluding hydrogens is 256 g/mol. The minimum atomic E-state index is 0.599. The van der Waals surface area contributed by atoms with Crippen molar-refractivity contribution in [3.63, 3.8) is 0 Å². The second-order valence-electron chi connectivity index (χ2n) is 3.51. The number of anilines is 1.